The second-order valence-corrected chi connectivity index (χ2v) is 6.74. The van der Waals surface area contributed by atoms with Gasteiger partial charge in [0.25, 0.3) is 0 Å². The number of aryl methyl sites for hydroxylation is 1. The molecule has 5 nitrogen and oxygen atoms in total. The minimum atomic E-state index is -3.15. The van der Waals surface area contributed by atoms with Crippen molar-refractivity contribution < 1.29 is 12.9 Å². The summed E-state index contributed by atoms with van der Waals surface area (Å²) in [7, 11) is -3.15. The number of nitrogens with one attached hydrogen (secondary N) is 1. The van der Waals surface area contributed by atoms with E-state index in [1.165, 1.54) is 0 Å². The lowest BCUT2D eigenvalue weighted by Crippen LogP contribution is -2.06. The molecule has 0 bridgehead atoms. The SMILES string of the molecule is CCCS(=O)(=O)c1ccc(NCc2cc(C)no2)cc1. The standard InChI is InChI=1S/C14H18N2O3S/c1-3-8-20(17,18)14-6-4-12(5-7-14)15-10-13-9-11(2)16-19-13/h4-7,9,15H,3,8,10H2,1-2H3. The van der Waals surface area contributed by atoms with Crippen molar-refractivity contribution >= 4 is 15.5 Å². The van der Waals surface area contributed by atoms with Gasteiger partial charge >= 0.3 is 0 Å². The minimum absolute atomic E-state index is 0.178. The molecule has 0 spiro atoms. The van der Waals surface area contributed by atoms with Crippen LogP contribution < -0.4 is 5.32 Å². The first kappa shape index (κ1) is 14.6. The van der Waals surface area contributed by atoms with Gasteiger partial charge in [0, 0.05) is 11.8 Å². The fraction of sp³-hybridized carbons (Fsp3) is 0.357. The molecular weight excluding hydrogens is 276 g/mol. The topological polar surface area (TPSA) is 72.2 Å². The van der Waals surface area contributed by atoms with Crippen LogP contribution in [0.2, 0.25) is 0 Å². The van der Waals surface area contributed by atoms with E-state index in [1.54, 1.807) is 24.3 Å². The Labute approximate surface area is 118 Å². The number of benzene rings is 1. The molecule has 0 aliphatic carbocycles. The van der Waals surface area contributed by atoms with Crippen molar-refractivity contribution in [2.45, 2.75) is 31.7 Å². The molecule has 0 amide bonds. The zero-order valence-corrected chi connectivity index (χ0v) is 12.4. The van der Waals surface area contributed by atoms with Crippen LogP contribution in [0.5, 0.6) is 0 Å². The highest BCUT2D eigenvalue weighted by atomic mass is 32.2. The monoisotopic (exact) mass is 294 g/mol. The van der Waals surface area contributed by atoms with Gasteiger partial charge in [-0.3, -0.25) is 0 Å². The largest absolute Gasteiger partial charge is 0.378 e. The van der Waals surface area contributed by atoms with Gasteiger partial charge in [0.2, 0.25) is 0 Å². The highest BCUT2D eigenvalue weighted by Gasteiger charge is 2.12. The van der Waals surface area contributed by atoms with Gasteiger partial charge in [-0.05, 0) is 37.6 Å². The molecule has 20 heavy (non-hydrogen) atoms. The van der Waals surface area contributed by atoms with Crippen LogP contribution in [0.4, 0.5) is 5.69 Å². The molecular formula is C14H18N2O3S. The Balaban J connectivity index is 2.01. The fourth-order valence-corrected chi connectivity index (χ4v) is 3.18. The van der Waals surface area contributed by atoms with Crippen LogP contribution >= 0.6 is 0 Å². The Morgan fingerprint density at radius 2 is 1.95 bits per heavy atom. The zero-order valence-electron chi connectivity index (χ0n) is 11.6. The van der Waals surface area contributed by atoms with E-state index >= 15 is 0 Å². The van der Waals surface area contributed by atoms with Gasteiger partial charge in [-0.1, -0.05) is 12.1 Å². The van der Waals surface area contributed by atoms with Crippen molar-refractivity contribution in [3.05, 3.63) is 41.8 Å². The molecule has 0 saturated carbocycles. The summed E-state index contributed by atoms with van der Waals surface area (Å²) in [5.74, 6) is 0.919. The Bertz CT molecular complexity index is 660. The molecule has 1 aromatic heterocycles. The number of anilines is 1. The lowest BCUT2D eigenvalue weighted by atomic mass is 10.3. The summed E-state index contributed by atoms with van der Waals surface area (Å²) >= 11 is 0. The summed E-state index contributed by atoms with van der Waals surface area (Å²) in [4.78, 5) is 0.361. The van der Waals surface area contributed by atoms with Crippen molar-refractivity contribution in [3.63, 3.8) is 0 Å². The van der Waals surface area contributed by atoms with E-state index in [1.807, 2.05) is 19.9 Å². The molecule has 1 N–H and O–H groups in total. The maximum Gasteiger partial charge on any atom is 0.178 e. The average molecular weight is 294 g/mol. The Hall–Kier alpha value is -1.82. The van der Waals surface area contributed by atoms with E-state index in [0.717, 1.165) is 17.1 Å². The van der Waals surface area contributed by atoms with Gasteiger partial charge in [0.1, 0.15) is 0 Å². The summed E-state index contributed by atoms with van der Waals surface area (Å²) in [6, 6.07) is 8.61. The number of nitrogens with zero attached hydrogens (tertiary/aromatic N) is 1. The molecule has 1 heterocycles. The molecule has 2 aromatic rings. The van der Waals surface area contributed by atoms with Gasteiger partial charge in [-0.2, -0.15) is 0 Å². The molecule has 0 unspecified atom stereocenters. The molecule has 0 radical (unpaired) electrons. The van der Waals surface area contributed by atoms with Gasteiger partial charge in [-0.25, -0.2) is 8.42 Å². The highest BCUT2D eigenvalue weighted by Crippen LogP contribution is 2.17. The number of hydrogen-bond donors (Lipinski definition) is 1. The molecule has 0 fully saturated rings. The van der Waals surface area contributed by atoms with Gasteiger partial charge in [0.05, 0.1) is 22.9 Å². The van der Waals surface area contributed by atoms with E-state index in [2.05, 4.69) is 10.5 Å². The van der Waals surface area contributed by atoms with Crippen molar-refractivity contribution in [1.82, 2.24) is 5.16 Å². The van der Waals surface area contributed by atoms with Gasteiger partial charge in [0.15, 0.2) is 15.6 Å². The number of sulfone groups is 1. The van der Waals surface area contributed by atoms with Crippen molar-refractivity contribution in [2.75, 3.05) is 11.1 Å². The first-order valence-electron chi connectivity index (χ1n) is 6.50. The molecule has 0 aliphatic heterocycles. The Morgan fingerprint density at radius 1 is 1.25 bits per heavy atom. The summed E-state index contributed by atoms with van der Waals surface area (Å²) in [6.45, 7) is 4.23. The first-order chi connectivity index (χ1) is 9.51. The smallest absolute Gasteiger partial charge is 0.178 e. The third kappa shape index (κ3) is 3.60. The zero-order chi connectivity index (χ0) is 14.6. The van der Waals surface area contributed by atoms with Crippen LogP contribution in [0.1, 0.15) is 24.8 Å². The second-order valence-electron chi connectivity index (χ2n) is 4.63. The lowest BCUT2D eigenvalue weighted by Gasteiger charge is -2.06. The number of rotatable bonds is 6. The van der Waals surface area contributed by atoms with Crippen molar-refractivity contribution in [1.29, 1.82) is 0 Å². The predicted molar refractivity (Wildman–Crippen MR) is 77.4 cm³/mol. The van der Waals surface area contributed by atoms with E-state index in [4.69, 9.17) is 4.52 Å². The molecule has 0 saturated heterocycles. The van der Waals surface area contributed by atoms with Crippen LogP contribution in [0, 0.1) is 6.92 Å². The quantitative estimate of drug-likeness (QED) is 0.887. The normalized spacial score (nSPS) is 11.5. The average Bonchev–Trinajstić information content (AvgIpc) is 2.83. The van der Waals surface area contributed by atoms with E-state index in [9.17, 15) is 8.42 Å². The van der Waals surface area contributed by atoms with Crippen molar-refractivity contribution in [2.24, 2.45) is 0 Å². The van der Waals surface area contributed by atoms with Crippen LogP contribution in [0.3, 0.4) is 0 Å². The predicted octanol–water partition coefficient (Wildman–Crippen LogP) is 2.78. The van der Waals surface area contributed by atoms with Gasteiger partial charge < -0.3 is 9.84 Å². The van der Waals surface area contributed by atoms with Crippen LogP contribution in [-0.4, -0.2) is 19.3 Å². The molecule has 6 heteroatoms. The lowest BCUT2D eigenvalue weighted by molar-refractivity contribution is 0.384. The molecule has 0 atom stereocenters. The maximum atomic E-state index is 11.9. The third-order valence-corrected chi connectivity index (χ3v) is 4.77. The van der Waals surface area contributed by atoms with Gasteiger partial charge in [-0.15, -0.1) is 0 Å². The first-order valence-corrected chi connectivity index (χ1v) is 8.15. The van der Waals surface area contributed by atoms with Crippen LogP contribution in [0.15, 0.2) is 39.8 Å². The molecule has 1 aromatic carbocycles. The molecule has 108 valence electrons. The molecule has 0 aliphatic rings. The Kier molecular flexibility index (Phi) is 4.44. The fourth-order valence-electron chi connectivity index (χ4n) is 1.86. The van der Waals surface area contributed by atoms with E-state index in [-0.39, 0.29) is 5.75 Å². The summed E-state index contributed by atoms with van der Waals surface area (Å²) < 4.78 is 28.9. The number of aromatic nitrogens is 1. The second kappa shape index (κ2) is 6.09. The minimum Gasteiger partial charge on any atom is -0.378 e. The number of hydrogen-bond acceptors (Lipinski definition) is 5. The van der Waals surface area contributed by atoms with Crippen LogP contribution in [0.25, 0.3) is 0 Å². The Morgan fingerprint density at radius 3 is 2.50 bits per heavy atom. The van der Waals surface area contributed by atoms with Crippen molar-refractivity contribution in [3.8, 4) is 0 Å². The summed E-state index contributed by atoms with van der Waals surface area (Å²) in [5, 5.41) is 6.96. The summed E-state index contributed by atoms with van der Waals surface area (Å²) in [5.41, 5.74) is 1.68. The van der Waals surface area contributed by atoms with Crippen LogP contribution in [-0.2, 0) is 16.4 Å². The van der Waals surface area contributed by atoms with E-state index in [0.29, 0.717) is 17.9 Å². The summed E-state index contributed by atoms with van der Waals surface area (Å²) in [6.07, 6.45) is 0.618. The molecule has 2 rings (SSSR count). The van der Waals surface area contributed by atoms with E-state index < -0.39 is 9.84 Å². The highest BCUT2D eigenvalue weighted by molar-refractivity contribution is 7.91. The maximum absolute atomic E-state index is 11.9. The third-order valence-electron chi connectivity index (χ3n) is 2.83.